The summed E-state index contributed by atoms with van der Waals surface area (Å²) in [6.45, 7) is 6.82. The fraction of sp³-hybridized carbons (Fsp3) is 0.263. The molecule has 0 saturated carbocycles. The van der Waals surface area contributed by atoms with Gasteiger partial charge in [-0.25, -0.2) is 0 Å². The van der Waals surface area contributed by atoms with Gasteiger partial charge in [-0.15, -0.1) is 0 Å². The number of ether oxygens (including phenoxy) is 1. The van der Waals surface area contributed by atoms with Crippen molar-refractivity contribution in [1.29, 1.82) is 0 Å². The van der Waals surface area contributed by atoms with E-state index in [1.165, 1.54) is 9.13 Å². The van der Waals surface area contributed by atoms with Crippen molar-refractivity contribution < 1.29 is 9.26 Å². The van der Waals surface area contributed by atoms with Crippen LogP contribution in [0, 0.1) is 3.57 Å². The van der Waals surface area contributed by atoms with Gasteiger partial charge in [0.2, 0.25) is 5.82 Å². The molecular weight excluding hydrogens is 415 g/mol. The van der Waals surface area contributed by atoms with E-state index < -0.39 is 0 Å². The molecule has 0 aliphatic rings. The molecule has 0 atom stereocenters. The van der Waals surface area contributed by atoms with Crippen molar-refractivity contribution in [2.24, 2.45) is 0 Å². The molecule has 3 aromatic rings. The third-order valence-corrected chi connectivity index (χ3v) is 4.37. The predicted molar refractivity (Wildman–Crippen MR) is 102 cm³/mol. The highest BCUT2D eigenvalue weighted by Crippen LogP contribution is 2.24. The number of nitrogens with zero attached hydrogens (tertiary/aromatic N) is 2. The Morgan fingerprint density at radius 3 is 2.29 bits per heavy atom. The van der Waals surface area contributed by atoms with Gasteiger partial charge in [0.25, 0.3) is 5.89 Å². The van der Waals surface area contributed by atoms with Crippen molar-refractivity contribution >= 4 is 22.6 Å². The Morgan fingerprint density at radius 2 is 1.67 bits per heavy atom. The van der Waals surface area contributed by atoms with E-state index in [1.54, 1.807) is 0 Å². The van der Waals surface area contributed by atoms with Crippen LogP contribution in [-0.4, -0.2) is 10.1 Å². The molecule has 124 valence electrons. The van der Waals surface area contributed by atoms with Gasteiger partial charge in [0, 0.05) is 9.13 Å². The maximum atomic E-state index is 5.73. The molecule has 0 fully saturated rings. The molecule has 1 aromatic heterocycles. The third kappa shape index (κ3) is 4.14. The Hall–Kier alpha value is -1.89. The van der Waals surface area contributed by atoms with E-state index in [1.807, 2.05) is 36.4 Å². The summed E-state index contributed by atoms with van der Waals surface area (Å²) in [6.07, 6.45) is 0. The van der Waals surface area contributed by atoms with Gasteiger partial charge in [-0.1, -0.05) is 50.2 Å². The van der Waals surface area contributed by atoms with Gasteiger partial charge in [-0.05, 0) is 57.8 Å². The summed E-state index contributed by atoms with van der Waals surface area (Å²) < 4.78 is 12.2. The molecular formula is C19H19IN2O2. The molecule has 0 amide bonds. The first-order chi connectivity index (χ1) is 11.4. The summed E-state index contributed by atoms with van der Waals surface area (Å²) >= 11 is 2.26. The average molecular weight is 434 g/mol. The second-order valence-corrected chi connectivity index (χ2v) is 7.83. The van der Waals surface area contributed by atoms with Crippen molar-refractivity contribution in [1.82, 2.24) is 10.1 Å². The lowest BCUT2D eigenvalue weighted by molar-refractivity contribution is 0.243. The van der Waals surface area contributed by atoms with Crippen LogP contribution < -0.4 is 4.74 Å². The van der Waals surface area contributed by atoms with Gasteiger partial charge in [0.1, 0.15) is 5.75 Å². The van der Waals surface area contributed by atoms with Crippen molar-refractivity contribution in [3.05, 3.63) is 63.6 Å². The van der Waals surface area contributed by atoms with Crippen LogP contribution in [0.3, 0.4) is 0 Å². The fourth-order valence-electron chi connectivity index (χ4n) is 2.23. The fourth-order valence-corrected chi connectivity index (χ4v) is 2.59. The van der Waals surface area contributed by atoms with Crippen molar-refractivity contribution in [2.75, 3.05) is 0 Å². The smallest absolute Gasteiger partial charge is 0.264 e. The van der Waals surface area contributed by atoms with Crippen LogP contribution in [0.4, 0.5) is 0 Å². The Morgan fingerprint density at radius 1 is 1.00 bits per heavy atom. The lowest BCUT2D eigenvalue weighted by atomic mass is 9.87. The summed E-state index contributed by atoms with van der Waals surface area (Å²) in [4.78, 5) is 4.38. The molecule has 0 N–H and O–H groups in total. The van der Waals surface area contributed by atoms with Crippen LogP contribution in [0.2, 0.25) is 0 Å². The van der Waals surface area contributed by atoms with Gasteiger partial charge in [-0.3, -0.25) is 0 Å². The molecule has 0 radical (unpaired) electrons. The van der Waals surface area contributed by atoms with Crippen LogP contribution in [0.15, 0.2) is 53.1 Å². The highest BCUT2D eigenvalue weighted by atomic mass is 127. The predicted octanol–water partition coefficient (Wildman–Crippen LogP) is 5.22. The summed E-state index contributed by atoms with van der Waals surface area (Å²) in [5.74, 6) is 1.83. The van der Waals surface area contributed by atoms with Crippen LogP contribution in [0.1, 0.15) is 32.2 Å². The van der Waals surface area contributed by atoms with Crippen LogP contribution >= 0.6 is 22.6 Å². The van der Waals surface area contributed by atoms with Gasteiger partial charge in [0.15, 0.2) is 6.61 Å². The highest BCUT2D eigenvalue weighted by molar-refractivity contribution is 14.1. The Labute approximate surface area is 155 Å². The van der Waals surface area contributed by atoms with Crippen LogP contribution in [0.5, 0.6) is 5.75 Å². The number of rotatable bonds is 4. The molecule has 1 heterocycles. The zero-order chi connectivity index (χ0) is 17.2. The van der Waals surface area contributed by atoms with E-state index in [-0.39, 0.29) is 12.0 Å². The maximum absolute atomic E-state index is 5.73. The van der Waals surface area contributed by atoms with E-state index in [9.17, 15) is 0 Å². The first kappa shape index (κ1) is 17.0. The van der Waals surface area contributed by atoms with Gasteiger partial charge < -0.3 is 9.26 Å². The van der Waals surface area contributed by atoms with Gasteiger partial charge in [-0.2, -0.15) is 4.98 Å². The number of aromatic nitrogens is 2. The summed E-state index contributed by atoms with van der Waals surface area (Å²) in [6, 6.07) is 16.1. The normalized spacial score (nSPS) is 11.5. The molecule has 0 spiro atoms. The van der Waals surface area contributed by atoms with Gasteiger partial charge >= 0.3 is 0 Å². The summed E-state index contributed by atoms with van der Waals surface area (Å²) in [5.41, 5.74) is 2.33. The van der Waals surface area contributed by atoms with E-state index in [0.29, 0.717) is 11.7 Å². The molecule has 3 rings (SSSR count). The minimum absolute atomic E-state index is 0.132. The molecule has 0 unspecified atom stereocenters. The largest absolute Gasteiger partial charge is 0.484 e. The second-order valence-electron chi connectivity index (χ2n) is 6.58. The molecule has 5 heteroatoms. The maximum Gasteiger partial charge on any atom is 0.264 e. The van der Waals surface area contributed by atoms with E-state index >= 15 is 0 Å². The summed E-state index contributed by atoms with van der Waals surface area (Å²) in [5, 5.41) is 4.01. The van der Waals surface area contributed by atoms with E-state index in [0.717, 1.165) is 11.3 Å². The molecule has 0 aliphatic carbocycles. The zero-order valence-electron chi connectivity index (χ0n) is 13.9. The summed E-state index contributed by atoms with van der Waals surface area (Å²) in [7, 11) is 0. The highest BCUT2D eigenvalue weighted by Gasteiger charge is 2.13. The first-order valence-corrected chi connectivity index (χ1v) is 8.81. The van der Waals surface area contributed by atoms with Gasteiger partial charge in [0.05, 0.1) is 0 Å². The zero-order valence-corrected chi connectivity index (χ0v) is 16.1. The minimum atomic E-state index is 0.132. The Balaban J connectivity index is 1.64. The standard InChI is InChI=1S/C19H19IN2O2/c1-19(2,3)14-6-10-16(11-7-14)23-12-17-21-18(22-24-17)13-4-8-15(20)9-5-13/h4-11H,12H2,1-3H3. The second kappa shape index (κ2) is 6.93. The van der Waals surface area contributed by atoms with Crippen molar-refractivity contribution in [3.8, 4) is 17.1 Å². The Bertz CT molecular complexity index is 803. The molecule has 0 saturated heterocycles. The third-order valence-electron chi connectivity index (χ3n) is 3.65. The van der Waals surface area contributed by atoms with E-state index in [4.69, 9.17) is 9.26 Å². The first-order valence-electron chi connectivity index (χ1n) is 7.74. The SMILES string of the molecule is CC(C)(C)c1ccc(OCc2nc(-c3ccc(I)cc3)no2)cc1. The minimum Gasteiger partial charge on any atom is -0.484 e. The van der Waals surface area contributed by atoms with E-state index in [2.05, 4.69) is 65.6 Å². The molecule has 4 nitrogen and oxygen atoms in total. The molecule has 24 heavy (non-hydrogen) atoms. The Kier molecular flexibility index (Phi) is 4.89. The molecule has 0 bridgehead atoms. The number of halogens is 1. The topological polar surface area (TPSA) is 48.2 Å². The van der Waals surface area contributed by atoms with Crippen LogP contribution in [0.25, 0.3) is 11.4 Å². The lowest BCUT2D eigenvalue weighted by Gasteiger charge is -2.19. The average Bonchev–Trinajstić information content (AvgIpc) is 3.02. The lowest BCUT2D eigenvalue weighted by Crippen LogP contribution is -2.10. The number of benzene rings is 2. The monoisotopic (exact) mass is 434 g/mol. The van der Waals surface area contributed by atoms with Crippen molar-refractivity contribution in [3.63, 3.8) is 0 Å². The van der Waals surface area contributed by atoms with Crippen molar-refractivity contribution in [2.45, 2.75) is 32.8 Å². The quantitative estimate of drug-likeness (QED) is 0.529. The number of hydrogen-bond donors (Lipinski definition) is 0. The molecule has 0 aliphatic heterocycles. The number of hydrogen-bond acceptors (Lipinski definition) is 4. The molecule has 2 aromatic carbocycles. The van der Waals surface area contributed by atoms with Crippen LogP contribution in [-0.2, 0) is 12.0 Å².